The highest BCUT2D eigenvalue weighted by Gasteiger charge is 2.29. The molecule has 2 saturated heterocycles. The van der Waals surface area contributed by atoms with Crippen LogP contribution in [0.15, 0.2) is 125 Å². The summed E-state index contributed by atoms with van der Waals surface area (Å²) in [5.41, 5.74) is 6.73. The summed E-state index contributed by atoms with van der Waals surface area (Å²) in [5, 5.41) is 20.9. The number of halogens is 2. The summed E-state index contributed by atoms with van der Waals surface area (Å²) < 4.78 is 47.8. The lowest BCUT2D eigenvalue weighted by Crippen LogP contribution is -2.46. The van der Waals surface area contributed by atoms with Crippen LogP contribution in [0, 0.1) is 25.6 Å². The lowest BCUT2D eigenvalue weighted by molar-refractivity contribution is 0.0696. The van der Waals surface area contributed by atoms with Crippen LogP contribution in [0.3, 0.4) is 0 Å². The molecule has 6 aromatic rings. The first kappa shape index (κ1) is 47.2. The van der Waals surface area contributed by atoms with Crippen LogP contribution in [0.5, 0.6) is 0 Å². The number of likely N-dealkylation sites (tertiary alicyclic amines) is 1. The Morgan fingerprint density at radius 1 is 0.848 bits per heavy atom. The largest absolute Gasteiger partial charge is 0.478 e. The van der Waals surface area contributed by atoms with Crippen LogP contribution < -0.4 is 14.5 Å². The van der Waals surface area contributed by atoms with E-state index in [9.17, 15) is 23.4 Å². The average Bonchev–Trinajstić information content (AvgIpc) is 3.58. The topological polar surface area (TPSA) is 118 Å². The number of sulfonamides is 1. The third kappa shape index (κ3) is 10.9. The molecule has 14 heteroatoms. The monoisotopic (exact) mass is 949 g/mol. The van der Waals surface area contributed by atoms with Crippen molar-refractivity contribution in [1.82, 2.24) is 9.47 Å². The molecule has 1 atom stereocenters. The van der Waals surface area contributed by atoms with E-state index in [1.807, 2.05) is 55.1 Å². The number of hydrogen-bond donors (Lipinski definition) is 3. The van der Waals surface area contributed by atoms with Crippen LogP contribution in [0.1, 0.15) is 46.4 Å². The van der Waals surface area contributed by atoms with E-state index in [-0.39, 0.29) is 22.1 Å². The number of piperazine rings is 1. The minimum absolute atomic E-state index is 0.0539. The highest BCUT2D eigenvalue weighted by atomic mass is 35.5. The first-order valence-corrected chi connectivity index (χ1v) is 25.4. The Balaban J connectivity index is 0.904. The highest BCUT2D eigenvalue weighted by molar-refractivity contribution is 7.99. The smallest absolute Gasteiger partial charge is 0.338 e. The van der Waals surface area contributed by atoms with Gasteiger partial charge in [0.15, 0.2) is 0 Å². The van der Waals surface area contributed by atoms with Crippen molar-refractivity contribution in [1.29, 1.82) is 0 Å². The Morgan fingerprint density at radius 3 is 2.15 bits per heavy atom. The molecule has 2 fully saturated rings. The van der Waals surface area contributed by atoms with E-state index in [1.165, 1.54) is 11.0 Å². The van der Waals surface area contributed by atoms with E-state index in [4.69, 9.17) is 11.6 Å². The zero-order chi connectivity index (χ0) is 46.5. The molecule has 3 heterocycles. The van der Waals surface area contributed by atoms with E-state index < -0.39 is 21.8 Å². The molecular formula is C52H57ClFN5O5S2. The minimum atomic E-state index is -3.86. The van der Waals surface area contributed by atoms with Gasteiger partial charge in [-0.05, 0) is 148 Å². The van der Waals surface area contributed by atoms with Crippen molar-refractivity contribution in [2.45, 2.75) is 55.4 Å². The Labute approximate surface area is 397 Å². The first-order valence-electron chi connectivity index (χ1n) is 22.5. The molecule has 0 unspecified atom stereocenters. The molecule has 3 N–H and O–H groups in total. The van der Waals surface area contributed by atoms with E-state index in [1.54, 1.807) is 67.1 Å². The van der Waals surface area contributed by atoms with Gasteiger partial charge >= 0.3 is 5.97 Å². The third-order valence-electron chi connectivity index (χ3n) is 13.1. The van der Waals surface area contributed by atoms with Crippen molar-refractivity contribution in [3.8, 4) is 22.4 Å². The van der Waals surface area contributed by atoms with E-state index in [0.29, 0.717) is 59.8 Å². The molecule has 0 spiro atoms. The maximum absolute atomic E-state index is 15.8. The Bertz CT molecular complexity index is 2760. The summed E-state index contributed by atoms with van der Waals surface area (Å²) in [7, 11) is -2.07. The van der Waals surface area contributed by atoms with Gasteiger partial charge in [-0.2, -0.15) is 0 Å². The molecular weight excluding hydrogens is 893 g/mol. The summed E-state index contributed by atoms with van der Waals surface area (Å²) in [6.45, 7) is 9.13. The standard InChI is InChI=1S/C52H57ClFN5O5S2/c1-35-31-46(19-11-39(35)32-37(34-65-45-7-5-4-6-8-45)21-24-57-25-22-44(60)23-26-57)66(63,64)55-41-14-16-42(17-15-41)58-27-29-59(30-28-58)43-18-20-48(54)47(33-43)50-49(52(61)62)36(2)56(3)51(50)38-9-12-40(53)13-10-38/h4-20,31,33,37,44,55,60H,21-30,32,34H2,1-3H3,(H,61,62)/t37-/m0/s1. The van der Waals surface area contributed by atoms with Crippen LogP contribution in [-0.4, -0.2) is 91.7 Å². The number of carboxylic acid groups (broad SMARTS) is 1. The second kappa shape index (κ2) is 20.7. The number of nitrogens with one attached hydrogen (secondary N) is 1. The number of aromatic nitrogens is 1. The van der Waals surface area contributed by atoms with Crippen LogP contribution in [0.25, 0.3) is 22.4 Å². The van der Waals surface area contributed by atoms with Gasteiger partial charge in [0.25, 0.3) is 10.0 Å². The summed E-state index contributed by atoms with van der Waals surface area (Å²) in [6, 6.07) is 35.2. The Kier molecular flexibility index (Phi) is 14.8. The Hall–Kier alpha value is -5.31. The van der Waals surface area contributed by atoms with E-state index in [2.05, 4.69) is 43.7 Å². The van der Waals surface area contributed by atoms with Crippen molar-refractivity contribution in [3.05, 3.63) is 148 Å². The predicted molar refractivity (Wildman–Crippen MR) is 266 cm³/mol. The second-order valence-electron chi connectivity index (χ2n) is 17.5. The maximum Gasteiger partial charge on any atom is 0.338 e. The Morgan fingerprint density at radius 2 is 1.50 bits per heavy atom. The number of piperidine rings is 1. The fraction of sp³-hybridized carbons (Fsp3) is 0.327. The van der Waals surface area contributed by atoms with Gasteiger partial charge in [0.05, 0.1) is 22.3 Å². The van der Waals surface area contributed by atoms with Gasteiger partial charge in [-0.3, -0.25) is 4.72 Å². The fourth-order valence-electron chi connectivity index (χ4n) is 9.21. The summed E-state index contributed by atoms with van der Waals surface area (Å²) >= 11 is 8.04. The van der Waals surface area contributed by atoms with Crippen molar-refractivity contribution in [2.75, 3.05) is 66.1 Å². The summed E-state index contributed by atoms with van der Waals surface area (Å²) in [4.78, 5) is 20.9. The maximum atomic E-state index is 15.8. The number of aliphatic hydroxyl groups excluding tert-OH is 1. The molecule has 0 radical (unpaired) electrons. The van der Waals surface area contributed by atoms with Gasteiger partial charge < -0.3 is 29.5 Å². The molecule has 5 aromatic carbocycles. The average molecular weight is 951 g/mol. The number of nitrogens with zero attached hydrogens (tertiary/aromatic N) is 4. The molecule has 0 bridgehead atoms. The zero-order valence-electron chi connectivity index (χ0n) is 37.6. The highest BCUT2D eigenvalue weighted by Crippen LogP contribution is 2.42. The van der Waals surface area contributed by atoms with Crippen molar-refractivity contribution in [2.24, 2.45) is 13.0 Å². The normalized spacial score (nSPS) is 15.5. The molecule has 8 rings (SSSR count). The van der Waals surface area contributed by atoms with Gasteiger partial charge in [-0.25, -0.2) is 17.6 Å². The first-order chi connectivity index (χ1) is 31.7. The number of thioether (sulfide) groups is 1. The molecule has 2 aliphatic rings. The summed E-state index contributed by atoms with van der Waals surface area (Å²) in [6.07, 6.45) is 3.32. The number of rotatable bonds is 16. The molecule has 1 aromatic heterocycles. The zero-order valence-corrected chi connectivity index (χ0v) is 40.0. The molecule has 0 aliphatic carbocycles. The van der Waals surface area contributed by atoms with E-state index in [0.717, 1.165) is 79.1 Å². The van der Waals surface area contributed by atoms with Crippen LogP contribution in [0.2, 0.25) is 5.02 Å². The summed E-state index contributed by atoms with van der Waals surface area (Å²) in [5.74, 6) is -0.285. The van der Waals surface area contributed by atoms with Gasteiger partial charge in [-0.15, -0.1) is 11.8 Å². The fourth-order valence-corrected chi connectivity index (χ4v) is 11.5. The number of hydrogen-bond acceptors (Lipinski definition) is 8. The third-order valence-corrected chi connectivity index (χ3v) is 16.0. The number of benzene rings is 5. The number of aliphatic hydroxyl groups is 1. The number of anilines is 3. The number of carboxylic acids is 1. The predicted octanol–water partition coefficient (Wildman–Crippen LogP) is 10.4. The molecule has 0 amide bonds. The van der Waals surface area contributed by atoms with Crippen molar-refractivity contribution >= 4 is 56.4 Å². The molecule has 0 saturated carbocycles. The van der Waals surface area contributed by atoms with Gasteiger partial charge in [0.1, 0.15) is 5.82 Å². The van der Waals surface area contributed by atoms with Crippen LogP contribution in [-0.2, 0) is 23.5 Å². The lowest BCUT2D eigenvalue weighted by atomic mass is 9.94. The number of aryl methyl sites for hydroxylation is 1. The quantitative estimate of drug-likeness (QED) is 0.0815. The van der Waals surface area contributed by atoms with Gasteiger partial charge in [0, 0.05) is 95.9 Å². The SMILES string of the molecule is Cc1cc(S(=O)(=O)Nc2ccc(N3CCN(c4ccc(F)c(-c5c(C(=O)O)c(C)n(C)c5-c5ccc(Cl)cc5)c4)CC3)cc2)ccc1C[C@H](CCN1CCC(O)CC1)CSc1ccccc1. The second-order valence-corrected chi connectivity index (χ2v) is 20.7. The van der Waals surface area contributed by atoms with Crippen LogP contribution in [0.4, 0.5) is 21.5 Å². The van der Waals surface area contributed by atoms with Crippen molar-refractivity contribution in [3.63, 3.8) is 0 Å². The molecule has 10 nitrogen and oxygen atoms in total. The van der Waals surface area contributed by atoms with Gasteiger partial charge in [-0.1, -0.05) is 48.0 Å². The van der Waals surface area contributed by atoms with E-state index >= 15 is 4.39 Å². The molecule has 66 heavy (non-hydrogen) atoms. The number of aromatic carboxylic acids is 1. The molecule has 2 aliphatic heterocycles. The minimum Gasteiger partial charge on any atom is -0.478 e. The van der Waals surface area contributed by atoms with Crippen molar-refractivity contribution < 1.29 is 27.8 Å². The molecule has 346 valence electrons. The lowest BCUT2D eigenvalue weighted by Gasteiger charge is -2.37. The van der Waals surface area contributed by atoms with Gasteiger partial charge in [0.2, 0.25) is 0 Å². The number of carbonyl (C=O) groups is 1. The van der Waals surface area contributed by atoms with Crippen LogP contribution >= 0.6 is 23.4 Å².